The fourth-order valence-electron chi connectivity index (χ4n) is 0.183. The van der Waals surface area contributed by atoms with E-state index >= 15 is 0 Å². The first-order valence-corrected chi connectivity index (χ1v) is 5.15. The summed E-state index contributed by atoms with van der Waals surface area (Å²) < 4.78 is 66.5. The van der Waals surface area contributed by atoms with Crippen molar-refractivity contribution in [3.8, 4) is 0 Å². The molecule has 74 valence electrons. The Balaban J connectivity index is 4.83. The van der Waals surface area contributed by atoms with Crippen molar-refractivity contribution in [3.05, 3.63) is 0 Å². The summed E-state index contributed by atoms with van der Waals surface area (Å²) in [5, 5.41) is 0. The van der Waals surface area contributed by atoms with Crippen LogP contribution < -0.4 is 5.50 Å². The number of hydrogen-bond donors (Lipinski definition) is 2. The van der Waals surface area contributed by atoms with E-state index in [0.29, 0.717) is 0 Å². The Labute approximate surface area is 64.8 Å². The summed E-state index contributed by atoms with van der Waals surface area (Å²) in [7, 11) is -11.3. The van der Waals surface area contributed by atoms with E-state index in [1.54, 1.807) is 0 Å². The Morgan fingerprint density at radius 2 is 1.75 bits per heavy atom. The molecule has 0 rings (SSSR count). The maximum atomic E-state index is 11.4. The van der Waals surface area contributed by atoms with Crippen LogP contribution in [0.15, 0.2) is 0 Å². The third-order valence-electron chi connectivity index (χ3n) is 0.488. The molecule has 1 atom stereocenters. The first-order chi connectivity index (χ1) is 4.96. The molecular formula is CH3F3NO5PS. The molecule has 0 aromatic carbocycles. The highest BCUT2D eigenvalue weighted by Gasteiger charge is 2.50. The Morgan fingerprint density at radius 1 is 1.42 bits per heavy atom. The maximum absolute atomic E-state index is 11.4. The minimum atomic E-state index is -6.09. The van der Waals surface area contributed by atoms with Crippen molar-refractivity contribution in [1.82, 2.24) is 0 Å². The van der Waals surface area contributed by atoms with Gasteiger partial charge in [0, 0.05) is 0 Å². The third-order valence-corrected chi connectivity index (χ3v) is 2.69. The molecule has 0 aromatic heterocycles. The molecule has 0 bridgehead atoms. The lowest BCUT2D eigenvalue weighted by Crippen LogP contribution is -2.25. The van der Waals surface area contributed by atoms with Crippen LogP contribution in [-0.4, -0.2) is 18.8 Å². The molecule has 11 heteroatoms. The average Bonchev–Trinajstić information content (AvgIpc) is 1.52. The van der Waals surface area contributed by atoms with Crippen LogP contribution in [0.5, 0.6) is 0 Å². The van der Waals surface area contributed by atoms with Crippen LogP contribution >= 0.6 is 7.75 Å². The number of nitrogens with two attached hydrogens (primary N) is 1. The van der Waals surface area contributed by atoms with Crippen molar-refractivity contribution in [2.45, 2.75) is 5.51 Å². The summed E-state index contributed by atoms with van der Waals surface area (Å²) in [5.41, 5.74) is -1.73. The average molecular weight is 229 g/mol. The van der Waals surface area contributed by atoms with Crippen molar-refractivity contribution >= 4 is 17.9 Å². The fourth-order valence-corrected chi connectivity index (χ4v) is 1.65. The van der Waals surface area contributed by atoms with E-state index in [1.807, 2.05) is 0 Å². The van der Waals surface area contributed by atoms with Gasteiger partial charge in [0.25, 0.3) is 0 Å². The molecule has 3 N–H and O–H groups in total. The number of rotatable bonds is 2. The van der Waals surface area contributed by atoms with Gasteiger partial charge >= 0.3 is 23.4 Å². The minimum absolute atomic E-state index is 2.73. The largest absolute Gasteiger partial charge is 0.523 e. The third kappa shape index (κ3) is 3.50. The summed E-state index contributed by atoms with van der Waals surface area (Å²) in [6.45, 7) is 0. The quantitative estimate of drug-likeness (QED) is 0.506. The van der Waals surface area contributed by atoms with Gasteiger partial charge in [-0.3, -0.25) is 0 Å². The maximum Gasteiger partial charge on any atom is 0.523 e. The zero-order chi connectivity index (χ0) is 10.2. The van der Waals surface area contributed by atoms with Gasteiger partial charge in [0.1, 0.15) is 0 Å². The van der Waals surface area contributed by atoms with Gasteiger partial charge in [-0.15, -0.1) is 0 Å². The van der Waals surface area contributed by atoms with Crippen LogP contribution in [-0.2, 0) is 18.7 Å². The van der Waals surface area contributed by atoms with Crippen molar-refractivity contribution in [1.29, 1.82) is 0 Å². The standard InChI is InChI=1S/CH3F3NO5PS/c2-1(3,4)12(8,9)10-11(5,6)7/h(H3,5,6,7). The summed E-state index contributed by atoms with van der Waals surface area (Å²) in [5.74, 6) is 0. The molecule has 12 heavy (non-hydrogen) atoms. The van der Waals surface area contributed by atoms with E-state index in [9.17, 15) is 26.2 Å². The molecule has 6 nitrogen and oxygen atoms in total. The van der Waals surface area contributed by atoms with Gasteiger partial charge in [0.2, 0.25) is 0 Å². The summed E-state index contributed by atoms with van der Waals surface area (Å²) >= 11 is 0. The number of alkyl halides is 3. The Bertz CT molecular complexity index is 299. The molecule has 0 radical (unpaired) electrons. The molecule has 0 amide bonds. The van der Waals surface area contributed by atoms with Crippen LogP contribution in [0.4, 0.5) is 13.2 Å². The van der Waals surface area contributed by atoms with Crippen LogP contribution in [0.1, 0.15) is 0 Å². The summed E-state index contributed by atoms with van der Waals surface area (Å²) in [6, 6.07) is 0. The van der Waals surface area contributed by atoms with Crippen molar-refractivity contribution in [2.24, 2.45) is 5.50 Å². The van der Waals surface area contributed by atoms with Crippen molar-refractivity contribution in [3.63, 3.8) is 0 Å². The predicted molar refractivity (Wildman–Crippen MR) is 30.1 cm³/mol. The second kappa shape index (κ2) is 2.96. The lowest BCUT2D eigenvalue weighted by molar-refractivity contribution is -0.0503. The van der Waals surface area contributed by atoms with Gasteiger partial charge < -0.3 is 4.89 Å². The van der Waals surface area contributed by atoms with Crippen LogP contribution in [0.2, 0.25) is 0 Å². The van der Waals surface area contributed by atoms with Gasteiger partial charge in [-0.1, -0.05) is 0 Å². The smallest absolute Gasteiger partial charge is 0.312 e. The van der Waals surface area contributed by atoms with Crippen LogP contribution in [0.3, 0.4) is 0 Å². The normalized spacial score (nSPS) is 18.8. The second-order valence-corrected chi connectivity index (χ2v) is 4.63. The monoisotopic (exact) mass is 229 g/mol. The van der Waals surface area contributed by atoms with E-state index in [2.05, 4.69) is 9.47 Å². The predicted octanol–water partition coefficient (Wildman–Crippen LogP) is -0.0883. The Kier molecular flexibility index (Phi) is 2.93. The summed E-state index contributed by atoms with van der Waals surface area (Å²) in [6.07, 6.45) is 0. The van der Waals surface area contributed by atoms with Gasteiger partial charge in [0.05, 0.1) is 0 Å². The number of halogens is 3. The topological polar surface area (TPSA) is 107 Å². The van der Waals surface area contributed by atoms with Crippen LogP contribution in [0, 0.1) is 0 Å². The highest BCUT2D eigenvalue weighted by Crippen LogP contribution is 2.39. The molecule has 0 spiro atoms. The molecular weight excluding hydrogens is 226 g/mol. The van der Waals surface area contributed by atoms with E-state index in [-0.39, 0.29) is 0 Å². The van der Waals surface area contributed by atoms with Crippen molar-refractivity contribution < 1.29 is 35.0 Å². The zero-order valence-corrected chi connectivity index (χ0v) is 6.86. The van der Waals surface area contributed by atoms with Crippen molar-refractivity contribution in [2.75, 3.05) is 0 Å². The van der Waals surface area contributed by atoms with E-state index in [4.69, 9.17) is 4.89 Å². The molecule has 0 heterocycles. The molecule has 1 unspecified atom stereocenters. The van der Waals surface area contributed by atoms with Crippen LogP contribution in [0.25, 0.3) is 0 Å². The van der Waals surface area contributed by atoms with E-state index in [1.165, 1.54) is 0 Å². The first kappa shape index (κ1) is 11.8. The van der Waals surface area contributed by atoms with E-state index < -0.39 is 23.4 Å². The fraction of sp³-hybridized carbons (Fsp3) is 1.00. The van der Waals surface area contributed by atoms with Gasteiger partial charge in [0.15, 0.2) is 0 Å². The lowest BCUT2D eigenvalue weighted by atomic mass is 11.6. The highest BCUT2D eigenvalue weighted by atomic mass is 32.2. The highest BCUT2D eigenvalue weighted by molar-refractivity contribution is 7.91. The lowest BCUT2D eigenvalue weighted by Gasteiger charge is -2.08. The molecule has 0 fully saturated rings. The molecule has 0 saturated carbocycles. The van der Waals surface area contributed by atoms with Gasteiger partial charge in [-0.2, -0.15) is 25.6 Å². The molecule has 0 aromatic rings. The van der Waals surface area contributed by atoms with E-state index in [0.717, 1.165) is 0 Å². The zero-order valence-electron chi connectivity index (χ0n) is 5.15. The molecule has 0 aliphatic rings. The Morgan fingerprint density at radius 3 is 1.83 bits per heavy atom. The number of hydrogen-bond acceptors (Lipinski definition) is 4. The summed E-state index contributed by atoms with van der Waals surface area (Å²) in [4.78, 5) is 7.95. The second-order valence-electron chi connectivity index (χ2n) is 1.54. The van der Waals surface area contributed by atoms with Gasteiger partial charge in [-0.25, -0.2) is 10.1 Å². The minimum Gasteiger partial charge on any atom is -0.312 e. The molecule has 0 aliphatic carbocycles. The van der Waals surface area contributed by atoms with Gasteiger partial charge in [-0.05, 0) is 0 Å². The molecule has 0 aliphatic heterocycles. The SMILES string of the molecule is NP(=O)(O)OS(=O)(=O)C(F)(F)F. The first-order valence-electron chi connectivity index (χ1n) is 2.09. The Hall–Kier alpha value is -0.150. The molecule has 0 saturated heterocycles.